The molecule has 32 heavy (non-hydrogen) atoms. The van der Waals surface area contributed by atoms with Gasteiger partial charge in [-0.2, -0.15) is 0 Å². The molecule has 0 aliphatic carbocycles. The molecule has 1 fully saturated rings. The van der Waals surface area contributed by atoms with E-state index in [-0.39, 0.29) is 5.11 Å². The number of esters is 1. The Morgan fingerprint density at radius 2 is 1.66 bits per heavy atom. The summed E-state index contributed by atoms with van der Waals surface area (Å²) in [6, 6.07) is 9.96. The first-order valence-corrected chi connectivity index (χ1v) is 10.3. The Morgan fingerprint density at radius 1 is 0.969 bits per heavy atom. The van der Waals surface area contributed by atoms with Gasteiger partial charge >= 0.3 is 5.97 Å². The molecule has 1 aliphatic heterocycles. The summed E-state index contributed by atoms with van der Waals surface area (Å²) in [5, 5.41) is 5.77. The van der Waals surface area contributed by atoms with Crippen molar-refractivity contribution in [3.05, 3.63) is 47.5 Å². The van der Waals surface area contributed by atoms with Crippen molar-refractivity contribution in [2.75, 3.05) is 57.8 Å². The molecule has 0 radical (unpaired) electrons. The predicted molar refractivity (Wildman–Crippen MR) is 124 cm³/mol. The van der Waals surface area contributed by atoms with E-state index >= 15 is 0 Å². The summed E-state index contributed by atoms with van der Waals surface area (Å²) in [6.45, 7) is 2.57. The van der Waals surface area contributed by atoms with E-state index in [9.17, 15) is 9.59 Å². The molecule has 0 bridgehead atoms. The second-order valence-electron chi connectivity index (χ2n) is 6.80. The van der Waals surface area contributed by atoms with E-state index in [0.29, 0.717) is 54.6 Å². The number of hydrogen-bond acceptors (Lipinski definition) is 8. The molecule has 2 aromatic carbocycles. The molecule has 10 heteroatoms. The van der Waals surface area contributed by atoms with E-state index in [1.807, 2.05) is 6.07 Å². The van der Waals surface area contributed by atoms with Crippen LogP contribution in [0.25, 0.3) is 0 Å². The highest BCUT2D eigenvalue weighted by atomic mass is 32.1. The van der Waals surface area contributed by atoms with Gasteiger partial charge in [0.25, 0.3) is 5.91 Å². The number of ether oxygens (including phenoxy) is 4. The highest BCUT2D eigenvalue weighted by Gasteiger charge is 2.19. The summed E-state index contributed by atoms with van der Waals surface area (Å²) in [7, 11) is 4.33. The number of hydrogen-bond donors (Lipinski definition) is 2. The molecule has 1 aliphatic rings. The third-order valence-electron chi connectivity index (χ3n) is 4.89. The molecule has 1 heterocycles. The van der Waals surface area contributed by atoms with E-state index in [1.165, 1.54) is 21.3 Å². The van der Waals surface area contributed by atoms with Crippen molar-refractivity contribution in [1.82, 2.24) is 5.32 Å². The molecule has 1 saturated heterocycles. The van der Waals surface area contributed by atoms with Crippen molar-refractivity contribution >= 4 is 40.6 Å². The molecule has 1 amide bonds. The largest absolute Gasteiger partial charge is 0.493 e. The first-order chi connectivity index (χ1) is 15.5. The SMILES string of the molecule is COC(=O)c1ccc(N2CCOCC2)c(NC(=S)NC(=O)c2ccc(OC)c(OC)c2)c1. The minimum atomic E-state index is -0.471. The van der Waals surface area contributed by atoms with Crippen LogP contribution < -0.4 is 25.0 Å². The second-order valence-corrected chi connectivity index (χ2v) is 7.21. The monoisotopic (exact) mass is 459 g/mol. The zero-order chi connectivity index (χ0) is 23.1. The zero-order valence-electron chi connectivity index (χ0n) is 18.1. The Labute approximate surface area is 191 Å². The fourth-order valence-corrected chi connectivity index (χ4v) is 3.47. The molecule has 0 aromatic heterocycles. The van der Waals surface area contributed by atoms with Crippen LogP contribution in [0.1, 0.15) is 20.7 Å². The van der Waals surface area contributed by atoms with Crippen LogP contribution in [-0.2, 0) is 9.47 Å². The maximum absolute atomic E-state index is 12.7. The number of morpholine rings is 1. The number of methoxy groups -OCH3 is 3. The summed E-state index contributed by atoms with van der Waals surface area (Å²) in [5.74, 6) is 0.0568. The first-order valence-electron chi connectivity index (χ1n) is 9.86. The van der Waals surface area contributed by atoms with Crippen LogP contribution in [0.5, 0.6) is 11.5 Å². The van der Waals surface area contributed by atoms with Crippen molar-refractivity contribution in [3.63, 3.8) is 0 Å². The molecular formula is C22H25N3O6S. The van der Waals surface area contributed by atoms with E-state index in [4.69, 9.17) is 31.2 Å². The van der Waals surface area contributed by atoms with Crippen molar-refractivity contribution in [2.24, 2.45) is 0 Å². The van der Waals surface area contributed by atoms with Crippen molar-refractivity contribution < 1.29 is 28.5 Å². The van der Waals surface area contributed by atoms with Gasteiger partial charge in [0.15, 0.2) is 16.6 Å². The van der Waals surface area contributed by atoms with Gasteiger partial charge in [0, 0.05) is 18.7 Å². The zero-order valence-corrected chi connectivity index (χ0v) is 18.9. The topological polar surface area (TPSA) is 98.4 Å². The highest BCUT2D eigenvalue weighted by Crippen LogP contribution is 2.29. The van der Waals surface area contributed by atoms with Crippen LogP contribution in [0.4, 0.5) is 11.4 Å². The van der Waals surface area contributed by atoms with Gasteiger partial charge in [-0.05, 0) is 48.6 Å². The third kappa shape index (κ3) is 5.45. The Kier molecular flexibility index (Phi) is 7.85. The Bertz CT molecular complexity index is 1010. The van der Waals surface area contributed by atoms with Crippen LogP contribution in [0.3, 0.4) is 0 Å². The molecule has 170 valence electrons. The molecule has 3 rings (SSSR count). The number of carbonyl (C=O) groups is 2. The molecule has 0 unspecified atom stereocenters. The quantitative estimate of drug-likeness (QED) is 0.499. The van der Waals surface area contributed by atoms with Crippen molar-refractivity contribution in [3.8, 4) is 11.5 Å². The average Bonchev–Trinajstić information content (AvgIpc) is 2.83. The maximum atomic E-state index is 12.7. The Hall–Kier alpha value is -3.37. The third-order valence-corrected chi connectivity index (χ3v) is 5.09. The lowest BCUT2D eigenvalue weighted by molar-refractivity contribution is 0.0600. The van der Waals surface area contributed by atoms with Crippen molar-refractivity contribution in [2.45, 2.75) is 0 Å². The number of anilines is 2. The highest BCUT2D eigenvalue weighted by molar-refractivity contribution is 7.80. The van der Waals surface area contributed by atoms with Gasteiger partial charge in [0.1, 0.15) is 0 Å². The minimum Gasteiger partial charge on any atom is -0.493 e. The number of amides is 1. The molecule has 9 nitrogen and oxygen atoms in total. The lowest BCUT2D eigenvalue weighted by Crippen LogP contribution is -2.38. The number of nitrogens with zero attached hydrogens (tertiary/aromatic N) is 1. The number of benzene rings is 2. The Morgan fingerprint density at radius 3 is 2.31 bits per heavy atom. The Balaban J connectivity index is 1.79. The fraction of sp³-hybridized carbons (Fsp3) is 0.318. The van der Waals surface area contributed by atoms with Crippen molar-refractivity contribution in [1.29, 1.82) is 0 Å². The number of carbonyl (C=O) groups excluding carboxylic acids is 2. The second kappa shape index (κ2) is 10.8. The number of thiocarbonyl (C=S) groups is 1. The average molecular weight is 460 g/mol. The normalized spacial score (nSPS) is 13.2. The van der Waals surface area contributed by atoms with E-state index in [2.05, 4.69) is 15.5 Å². The molecule has 0 saturated carbocycles. The van der Waals surface area contributed by atoms with Gasteiger partial charge in [-0.3, -0.25) is 10.1 Å². The number of nitrogens with one attached hydrogen (secondary N) is 2. The fourth-order valence-electron chi connectivity index (χ4n) is 3.27. The summed E-state index contributed by atoms with van der Waals surface area (Å²) in [6.07, 6.45) is 0. The standard InChI is InChI=1S/C22H25N3O6S/c1-28-18-7-5-14(13-19(18)29-2)20(26)24-22(32)23-16-12-15(21(27)30-3)4-6-17(16)25-8-10-31-11-9-25/h4-7,12-13H,8-11H2,1-3H3,(H2,23,24,26,32). The molecule has 0 atom stereocenters. The van der Waals surface area contributed by atoms with E-state index in [0.717, 1.165) is 5.69 Å². The van der Waals surface area contributed by atoms with Gasteiger partial charge in [-0.15, -0.1) is 0 Å². The van der Waals surface area contributed by atoms with E-state index < -0.39 is 11.9 Å². The number of rotatable bonds is 6. The van der Waals surface area contributed by atoms with Gasteiger partial charge in [-0.1, -0.05) is 0 Å². The minimum absolute atomic E-state index is 0.0845. The van der Waals surface area contributed by atoms with Gasteiger partial charge < -0.3 is 29.2 Å². The molecule has 2 N–H and O–H groups in total. The van der Waals surface area contributed by atoms with Crippen LogP contribution in [0.15, 0.2) is 36.4 Å². The van der Waals surface area contributed by atoms with Gasteiger partial charge in [0.05, 0.1) is 51.5 Å². The smallest absolute Gasteiger partial charge is 0.337 e. The van der Waals surface area contributed by atoms with Crippen LogP contribution >= 0.6 is 12.2 Å². The van der Waals surface area contributed by atoms with Crippen LogP contribution in [0, 0.1) is 0 Å². The van der Waals surface area contributed by atoms with E-state index in [1.54, 1.807) is 30.3 Å². The molecular weight excluding hydrogens is 434 g/mol. The summed E-state index contributed by atoms with van der Waals surface area (Å²) < 4.78 is 20.7. The summed E-state index contributed by atoms with van der Waals surface area (Å²) >= 11 is 5.36. The van der Waals surface area contributed by atoms with Crippen LogP contribution in [-0.4, -0.2) is 64.6 Å². The van der Waals surface area contributed by atoms with Crippen LogP contribution in [0.2, 0.25) is 0 Å². The summed E-state index contributed by atoms with van der Waals surface area (Å²) in [4.78, 5) is 26.8. The lowest BCUT2D eigenvalue weighted by Gasteiger charge is -2.31. The maximum Gasteiger partial charge on any atom is 0.337 e. The molecule has 0 spiro atoms. The lowest BCUT2D eigenvalue weighted by atomic mass is 10.1. The van der Waals surface area contributed by atoms with Gasteiger partial charge in [0.2, 0.25) is 0 Å². The molecule has 2 aromatic rings. The predicted octanol–water partition coefficient (Wildman–Crippen LogP) is 2.45. The van der Waals surface area contributed by atoms with Gasteiger partial charge in [-0.25, -0.2) is 4.79 Å². The first kappa shape index (κ1) is 23.3. The summed E-state index contributed by atoms with van der Waals surface area (Å²) in [5.41, 5.74) is 2.13.